The summed E-state index contributed by atoms with van der Waals surface area (Å²) in [4.78, 5) is 40.3. The van der Waals surface area contributed by atoms with Gasteiger partial charge in [-0.05, 0) is 0 Å². The predicted octanol–water partition coefficient (Wildman–Crippen LogP) is -1.57. The molecule has 0 saturated carbocycles. The molecule has 0 spiro atoms. The predicted molar refractivity (Wildman–Crippen MR) is 31.4 cm³/mol. The van der Waals surface area contributed by atoms with E-state index in [1.807, 2.05) is 0 Å². The van der Waals surface area contributed by atoms with Gasteiger partial charge in [0.1, 0.15) is 0 Å². The van der Waals surface area contributed by atoms with Gasteiger partial charge in [-0.2, -0.15) is 0 Å². The van der Waals surface area contributed by atoms with E-state index < -0.39 is 29.6 Å². The Hall–Kier alpha value is -1.92. The highest BCUT2D eigenvalue weighted by Gasteiger charge is 2.37. The number of carbonyl (C=O) groups is 4. The summed E-state index contributed by atoms with van der Waals surface area (Å²) >= 11 is 0. The second-order valence-electron chi connectivity index (χ2n) is 1.78. The van der Waals surface area contributed by atoms with Crippen LogP contribution in [0.3, 0.4) is 0 Å². The van der Waals surface area contributed by atoms with Crippen molar-refractivity contribution in [2.75, 3.05) is 0 Å². The standard InChI is InChI=1S/C5H4O7/c6-2(5(11)12)1(3(7)8)4(9)10/h1H,(H,7,8)(H,9,10)(H,11,12). The Balaban J connectivity index is 4.76. The molecule has 0 radical (unpaired) electrons. The Bertz CT molecular complexity index is 239. The van der Waals surface area contributed by atoms with Crippen molar-refractivity contribution in [3.8, 4) is 0 Å². The fourth-order valence-corrected chi connectivity index (χ4v) is 0.453. The molecule has 12 heavy (non-hydrogen) atoms. The van der Waals surface area contributed by atoms with Crippen molar-refractivity contribution >= 4 is 23.7 Å². The number of carboxylic acid groups (broad SMARTS) is 3. The molecule has 0 bridgehead atoms. The van der Waals surface area contributed by atoms with Gasteiger partial charge in [0.2, 0.25) is 5.92 Å². The molecule has 0 saturated heterocycles. The quantitative estimate of drug-likeness (QED) is 0.348. The van der Waals surface area contributed by atoms with Gasteiger partial charge in [-0.25, -0.2) is 4.79 Å². The first kappa shape index (κ1) is 10.1. The first-order chi connectivity index (χ1) is 5.37. The third-order valence-electron chi connectivity index (χ3n) is 0.967. The molecule has 0 aromatic heterocycles. The van der Waals surface area contributed by atoms with E-state index in [1.54, 1.807) is 0 Å². The van der Waals surface area contributed by atoms with Crippen LogP contribution in [0.2, 0.25) is 0 Å². The smallest absolute Gasteiger partial charge is 0.373 e. The number of hydrogen-bond donors (Lipinski definition) is 3. The van der Waals surface area contributed by atoms with Crippen LogP contribution in [0, 0.1) is 5.92 Å². The van der Waals surface area contributed by atoms with Crippen molar-refractivity contribution in [1.29, 1.82) is 0 Å². The Kier molecular flexibility index (Phi) is 2.91. The number of carbonyl (C=O) groups excluding carboxylic acids is 1. The van der Waals surface area contributed by atoms with Crippen LogP contribution in [0.5, 0.6) is 0 Å². The largest absolute Gasteiger partial charge is 0.480 e. The van der Waals surface area contributed by atoms with Crippen molar-refractivity contribution in [3.63, 3.8) is 0 Å². The van der Waals surface area contributed by atoms with Gasteiger partial charge in [0.15, 0.2) is 0 Å². The van der Waals surface area contributed by atoms with Crippen molar-refractivity contribution in [3.05, 3.63) is 0 Å². The van der Waals surface area contributed by atoms with Gasteiger partial charge in [-0.3, -0.25) is 14.4 Å². The van der Waals surface area contributed by atoms with E-state index in [0.29, 0.717) is 0 Å². The second-order valence-corrected chi connectivity index (χ2v) is 1.78. The minimum absolute atomic E-state index is 1.87. The number of aliphatic carboxylic acids is 3. The monoisotopic (exact) mass is 176 g/mol. The molecule has 0 aromatic rings. The van der Waals surface area contributed by atoms with E-state index in [1.165, 1.54) is 0 Å². The zero-order valence-electron chi connectivity index (χ0n) is 5.55. The van der Waals surface area contributed by atoms with Gasteiger partial charge in [0, 0.05) is 0 Å². The van der Waals surface area contributed by atoms with Crippen molar-refractivity contribution in [1.82, 2.24) is 0 Å². The van der Waals surface area contributed by atoms with E-state index >= 15 is 0 Å². The molecule has 0 atom stereocenters. The first-order valence-corrected chi connectivity index (χ1v) is 2.60. The van der Waals surface area contributed by atoms with Gasteiger partial charge in [-0.1, -0.05) is 0 Å². The van der Waals surface area contributed by atoms with E-state index in [0.717, 1.165) is 0 Å². The Morgan fingerprint density at radius 3 is 1.25 bits per heavy atom. The lowest BCUT2D eigenvalue weighted by Crippen LogP contribution is -2.35. The number of Topliss-reactive ketones (excluding diaryl/α,β-unsaturated/α-hetero) is 1. The third kappa shape index (κ3) is 2.04. The fraction of sp³-hybridized carbons (Fsp3) is 0.200. The molecule has 0 rings (SSSR count). The highest BCUT2D eigenvalue weighted by atomic mass is 16.4. The Morgan fingerprint density at radius 2 is 1.17 bits per heavy atom. The molecular weight excluding hydrogens is 172 g/mol. The maximum Gasteiger partial charge on any atom is 0.373 e. The first-order valence-electron chi connectivity index (χ1n) is 2.60. The van der Waals surface area contributed by atoms with Gasteiger partial charge in [-0.15, -0.1) is 0 Å². The molecular formula is C5H4O7. The average molecular weight is 176 g/mol. The summed E-state index contributed by atoms with van der Waals surface area (Å²) in [6.45, 7) is 0. The summed E-state index contributed by atoms with van der Waals surface area (Å²) in [5.41, 5.74) is 0. The second kappa shape index (κ2) is 3.46. The van der Waals surface area contributed by atoms with Crippen molar-refractivity contribution in [2.45, 2.75) is 0 Å². The lowest BCUT2D eigenvalue weighted by molar-refractivity contribution is -0.164. The summed E-state index contributed by atoms with van der Waals surface area (Å²) in [5.74, 6) is -10.5. The van der Waals surface area contributed by atoms with Gasteiger partial charge < -0.3 is 15.3 Å². The molecule has 0 aliphatic heterocycles. The summed E-state index contributed by atoms with van der Waals surface area (Å²) in [6.07, 6.45) is 0. The molecule has 3 N–H and O–H groups in total. The average Bonchev–Trinajstić information content (AvgIpc) is 1.85. The summed E-state index contributed by atoms with van der Waals surface area (Å²) in [5, 5.41) is 24.2. The van der Waals surface area contributed by atoms with E-state index in [9.17, 15) is 19.2 Å². The normalized spacial score (nSPS) is 9.42. The van der Waals surface area contributed by atoms with Crippen LogP contribution in [0.1, 0.15) is 0 Å². The van der Waals surface area contributed by atoms with Crippen LogP contribution in [0.4, 0.5) is 0 Å². The van der Waals surface area contributed by atoms with E-state index in [2.05, 4.69) is 0 Å². The molecule has 66 valence electrons. The number of hydrogen-bond acceptors (Lipinski definition) is 4. The molecule has 0 aliphatic carbocycles. The number of ketones is 1. The summed E-state index contributed by atoms with van der Waals surface area (Å²) < 4.78 is 0. The maximum absolute atomic E-state index is 10.4. The zero-order valence-corrected chi connectivity index (χ0v) is 5.55. The minimum Gasteiger partial charge on any atom is -0.480 e. The van der Waals surface area contributed by atoms with Crippen LogP contribution in [0.15, 0.2) is 0 Å². The summed E-state index contributed by atoms with van der Waals surface area (Å²) in [6, 6.07) is 0. The number of rotatable bonds is 4. The molecule has 0 heterocycles. The van der Waals surface area contributed by atoms with Crippen LogP contribution in [-0.4, -0.2) is 39.0 Å². The highest BCUT2D eigenvalue weighted by molar-refractivity contribution is 6.41. The SMILES string of the molecule is O=C(O)C(=O)C(C(=O)O)C(=O)O. The minimum atomic E-state index is -2.53. The molecule has 0 aliphatic rings. The molecule has 0 fully saturated rings. The molecule has 7 heteroatoms. The van der Waals surface area contributed by atoms with Crippen LogP contribution in [-0.2, 0) is 19.2 Å². The lowest BCUT2D eigenvalue weighted by Gasteiger charge is -2.00. The molecule has 0 amide bonds. The lowest BCUT2D eigenvalue weighted by atomic mass is 10.1. The Morgan fingerprint density at radius 1 is 0.833 bits per heavy atom. The zero-order chi connectivity index (χ0) is 9.89. The molecule has 7 nitrogen and oxygen atoms in total. The van der Waals surface area contributed by atoms with Gasteiger partial charge in [0.25, 0.3) is 5.78 Å². The van der Waals surface area contributed by atoms with Gasteiger partial charge >= 0.3 is 17.9 Å². The topological polar surface area (TPSA) is 129 Å². The third-order valence-corrected chi connectivity index (χ3v) is 0.967. The van der Waals surface area contributed by atoms with Crippen LogP contribution < -0.4 is 0 Å². The van der Waals surface area contributed by atoms with Crippen LogP contribution in [0.25, 0.3) is 0 Å². The van der Waals surface area contributed by atoms with Crippen molar-refractivity contribution in [2.24, 2.45) is 5.92 Å². The fourth-order valence-electron chi connectivity index (χ4n) is 0.453. The Labute approximate surface area is 65.2 Å². The number of carboxylic acids is 3. The molecule has 0 aromatic carbocycles. The van der Waals surface area contributed by atoms with Crippen LogP contribution >= 0.6 is 0 Å². The van der Waals surface area contributed by atoms with Crippen molar-refractivity contribution < 1.29 is 34.5 Å². The van der Waals surface area contributed by atoms with E-state index in [-0.39, 0.29) is 0 Å². The van der Waals surface area contributed by atoms with E-state index in [4.69, 9.17) is 15.3 Å². The maximum atomic E-state index is 10.4. The van der Waals surface area contributed by atoms with Gasteiger partial charge in [0.05, 0.1) is 0 Å². The summed E-state index contributed by atoms with van der Waals surface area (Å²) in [7, 11) is 0. The highest BCUT2D eigenvalue weighted by Crippen LogP contribution is 1.99. The molecule has 0 unspecified atom stereocenters.